The fourth-order valence-electron chi connectivity index (χ4n) is 2.59. The van der Waals surface area contributed by atoms with Crippen LogP contribution >= 0.6 is 35.3 Å². The molecule has 0 spiro atoms. The van der Waals surface area contributed by atoms with Crippen molar-refractivity contribution in [3.63, 3.8) is 0 Å². The summed E-state index contributed by atoms with van der Waals surface area (Å²) in [6.07, 6.45) is 3.95. The highest BCUT2D eigenvalue weighted by Gasteiger charge is 2.07. The van der Waals surface area contributed by atoms with Gasteiger partial charge in [-0.2, -0.15) is 5.10 Å². The number of nitrogens with one attached hydrogen (secondary N) is 2. The van der Waals surface area contributed by atoms with Gasteiger partial charge in [0, 0.05) is 30.7 Å². The summed E-state index contributed by atoms with van der Waals surface area (Å²) < 4.78 is 1.95. The number of nitrogens with zero attached hydrogens (tertiary/aromatic N) is 4. The van der Waals surface area contributed by atoms with E-state index < -0.39 is 0 Å². The first kappa shape index (κ1) is 22.4. The summed E-state index contributed by atoms with van der Waals surface area (Å²) in [5, 5.41) is 14.3. The lowest BCUT2D eigenvalue weighted by Gasteiger charge is -2.10. The fraction of sp³-hybridized carbons (Fsp3) is 0.350. The minimum atomic E-state index is 0. The zero-order valence-corrected chi connectivity index (χ0v) is 19.6. The van der Waals surface area contributed by atoms with E-state index in [1.165, 1.54) is 5.56 Å². The summed E-state index contributed by atoms with van der Waals surface area (Å²) in [6, 6.07) is 10.3. The van der Waals surface area contributed by atoms with Crippen LogP contribution in [0, 0.1) is 0 Å². The standard InChI is InChI=1S/C20H26N6S.HI/c1-15(2)18-14-27-19(25-18)11-23-20(21-3)22-9-17-10-24-26(13-17)12-16-7-5-4-6-8-16;/h4-8,10,13-15H,9,11-12H2,1-3H3,(H2,21,22,23);1H. The van der Waals surface area contributed by atoms with Gasteiger partial charge in [0.2, 0.25) is 0 Å². The van der Waals surface area contributed by atoms with Gasteiger partial charge in [0.15, 0.2) is 5.96 Å². The normalized spacial score (nSPS) is 11.4. The van der Waals surface area contributed by atoms with E-state index >= 15 is 0 Å². The predicted octanol–water partition coefficient (Wildman–Crippen LogP) is 3.99. The monoisotopic (exact) mass is 510 g/mol. The highest BCUT2D eigenvalue weighted by atomic mass is 127. The van der Waals surface area contributed by atoms with Crippen LogP contribution in [0.4, 0.5) is 0 Å². The minimum Gasteiger partial charge on any atom is -0.352 e. The quantitative estimate of drug-likeness (QED) is 0.287. The maximum atomic E-state index is 4.64. The van der Waals surface area contributed by atoms with Crippen molar-refractivity contribution in [2.45, 2.75) is 39.4 Å². The highest BCUT2D eigenvalue weighted by molar-refractivity contribution is 14.0. The van der Waals surface area contributed by atoms with Crippen LogP contribution in [0.2, 0.25) is 0 Å². The molecule has 28 heavy (non-hydrogen) atoms. The zero-order valence-electron chi connectivity index (χ0n) is 16.4. The van der Waals surface area contributed by atoms with Gasteiger partial charge < -0.3 is 10.6 Å². The molecule has 0 fully saturated rings. The van der Waals surface area contributed by atoms with Gasteiger partial charge in [0.25, 0.3) is 0 Å². The summed E-state index contributed by atoms with van der Waals surface area (Å²) in [4.78, 5) is 8.92. The van der Waals surface area contributed by atoms with Crippen molar-refractivity contribution < 1.29 is 0 Å². The Balaban J connectivity index is 0.00000280. The number of rotatable bonds is 7. The van der Waals surface area contributed by atoms with Gasteiger partial charge in [-0.15, -0.1) is 35.3 Å². The number of aromatic nitrogens is 3. The van der Waals surface area contributed by atoms with Crippen LogP contribution in [-0.4, -0.2) is 27.8 Å². The van der Waals surface area contributed by atoms with E-state index in [0.717, 1.165) is 28.8 Å². The molecule has 0 atom stereocenters. The summed E-state index contributed by atoms with van der Waals surface area (Å²) in [5.41, 5.74) is 3.50. The maximum Gasteiger partial charge on any atom is 0.191 e. The van der Waals surface area contributed by atoms with E-state index in [1.807, 2.05) is 29.1 Å². The second-order valence-electron chi connectivity index (χ2n) is 6.63. The SMILES string of the molecule is CN=C(NCc1cnn(Cc2ccccc2)c1)NCc1nc(C(C)C)cs1.I. The molecule has 0 saturated heterocycles. The molecule has 2 heterocycles. The summed E-state index contributed by atoms with van der Waals surface area (Å²) in [7, 11) is 1.77. The Kier molecular flexibility index (Phi) is 8.91. The van der Waals surface area contributed by atoms with Crippen molar-refractivity contribution in [1.29, 1.82) is 0 Å². The third-order valence-corrected chi connectivity index (χ3v) is 4.99. The third kappa shape index (κ3) is 6.59. The number of hydrogen-bond donors (Lipinski definition) is 2. The van der Waals surface area contributed by atoms with E-state index in [0.29, 0.717) is 19.0 Å². The number of hydrogen-bond acceptors (Lipinski definition) is 4. The molecule has 2 aromatic heterocycles. The number of thiazole rings is 1. The molecule has 0 saturated carbocycles. The molecule has 2 N–H and O–H groups in total. The van der Waals surface area contributed by atoms with Gasteiger partial charge in [-0.25, -0.2) is 4.98 Å². The summed E-state index contributed by atoms with van der Waals surface area (Å²) >= 11 is 1.68. The van der Waals surface area contributed by atoms with Crippen molar-refractivity contribution in [3.8, 4) is 0 Å². The summed E-state index contributed by atoms with van der Waals surface area (Å²) in [5.74, 6) is 1.21. The number of halogens is 1. The van der Waals surface area contributed by atoms with Crippen LogP contribution in [-0.2, 0) is 19.6 Å². The Bertz CT molecular complexity index is 872. The lowest BCUT2D eigenvalue weighted by molar-refractivity contribution is 0.685. The fourth-order valence-corrected chi connectivity index (χ4v) is 3.49. The molecule has 0 aliphatic rings. The van der Waals surface area contributed by atoms with Crippen LogP contribution in [0.3, 0.4) is 0 Å². The lowest BCUT2D eigenvalue weighted by atomic mass is 10.2. The molecule has 0 aliphatic heterocycles. The molecule has 0 unspecified atom stereocenters. The molecule has 0 amide bonds. The number of aliphatic imine (C=N–C) groups is 1. The van der Waals surface area contributed by atoms with Gasteiger partial charge in [0.1, 0.15) is 5.01 Å². The molecule has 3 aromatic rings. The smallest absolute Gasteiger partial charge is 0.191 e. The molecule has 1 aromatic carbocycles. The van der Waals surface area contributed by atoms with E-state index in [-0.39, 0.29) is 24.0 Å². The van der Waals surface area contributed by atoms with Crippen LogP contribution < -0.4 is 10.6 Å². The first-order valence-electron chi connectivity index (χ1n) is 9.08. The zero-order chi connectivity index (χ0) is 19.1. The molecule has 0 aliphatic carbocycles. The number of guanidine groups is 1. The Labute approximate surface area is 187 Å². The van der Waals surface area contributed by atoms with Crippen molar-refractivity contribution in [3.05, 3.63) is 69.9 Å². The van der Waals surface area contributed by atoms with Crippen LogP contribution in [0.1, 0.15) is 41.6 Å². The van der Waals surface area contributed by atoms with Gasteiger partial charge in [0.05, 0.1) is 25.0 Å². The summed E-state index contributed by atoms with van der Waals surface area (Å²) in [6.45, 7) is 6.43. The molecule has 150 valence electrons. The van der Waals surface area contributed by atoms with Crippen molar-refractivity contribution in [2.75, 3.05) is 7.05 Å². The van der Waals surface area contributed by atoms with Gasteiger partial charge in [-0.3, -0.25) is 9.67 Å². The molecule has 6 nitrogen and oxygen atoms in total. The van der Waals surface area contributed by atoms with Crippen LogP contribution in [0.15, 0.2) is 53.1 Å². The largest absolute Gasteiger partial charge is 0.352 e. The van der Waals surface area contributed by atoms with Crippen molar-refractivity contribution >= 4 is 41.3 Å². The number of benzene rings is 1. The Morgan fingerprint density at radius 2 is 1.89 bits per heavy atom. The molecule has 3 rings (SSSR count). The Morgan fingerprint density at radius 3 is 2.57 bits per heavy atom. The second kappa shape index (κ2) is 11.2. The molecule has 8 heteroatoms. The first-order chi connectivity index (χ1) is 13.1. The van der Waals surface area contributed by atoms with Crippen LogP contribution in [0.5, 0.6) is 0 Å². The first-order valence-corrected chi connectivity index (χ1v) is 9.96. The van der Waals surface area contributed by atoms with Gasteiger partial charge >= 0.3 is 0 Å². The third-order valence-electron chi connectivity index (χ3n) is 4.13. The van der Waals surface area contributed by atoms with Gasteiger partial charge in [-0.05, 0) is 11.5 Å². The molecule has 0 bridgehead atoms. The highest BCUT2D eigenvalue weighted by Crippen LogP contribution is 2.17. The molecular formula is C20H27IN6S. The second-order valence-corrected chi connectivity index (χ2v) is 7.57. The van der Waals surface area contributed by atoms with Gasteiger partial charge in [-0.1, -0.05) is 44.2 Å². The van der Waals surface area contributed by atoms with E-state index in [2.05, 4.69) is 63.3 Å². The van der Waals surface area contributed by atoms with Crippen molar-refractivity contribution in [2.24, 2.45) is 4.99 Å². The average molecular weight is 510 g/mol. The average Bonchev–Trinajstić information content (AvgIpc) is 3.32. The maximum absolute atomic E-state index is 4.64. The van der Waals surface area contributed by atoms with Crippen molar-refractivity contribution in [1.82, 2.24) is 25.4 Å². The van der Waals surface area contributed by atoms with E-state index in [4.69, 9.17) is 0 Å². The van der Waals surface area contributed by atoms with Crippen LogP contribution in [0.25, 0.3) is 0 Å². The predicted molar refractivity (Wildman–Crippen MR) is 126 cm³/mol. The molecular weight excluding hydrogens is 483 g/mol. The minimum absolute atomic E-state index is 0. The molecule has 0 radical (unpaired) electrons. The van der Waals surface area contributed by atoms with E-state index in [9.17, 15) is 0 Å². The van der Waals surface area contributed by atoms with E-state index in [1.54, 1.807) is 18.4 Å². The Morgan fingerprint density at radius 1 is 1.14 bits per heavy atom. The lowest BCUT2D eigenvalue weighted by Crippen LogP contribution is -2.36. The Hall–Kier alpha value is -1.94. The topological polar surface area (TPSA) is 67.1 Å².